The van der Waals surface area contributed by atoms with Gasteiger partial charge in [0.1, 0.15) is 11.3 Å². The first-order chi connectivity index (χ1) is 9.34. The average Bonchev–Trinajstić information content (AvgIpc) is 2.36. The number of halogens is 4. The molecule has 0 saturated carbocycles. The Labute approximate surface area is 121 Å². The number of hydrogen-bond donors (Lipinski definition) is 0. The summed E-state index contributed by atoms with van der Waals surface area (Å²) in [5.41, 5.74) is -0.249. The van der Waals surface area contributed by atoms with Crippen molar-refractivity contribution >= 4 is 21.9 Å². The number of methoxy groups -OCH3 is 1. The van der Waals surface area contributed by atoms with Gasteiger partial charge in [-0.3, -0.25) is 0 Å². The van der Waals surface area contributed by atoms with Gasteiger partial charge in [0.25, 0.3) is 0 Å². The predicted octanol–water partition coefficient (Wildman–Crippen LogP) is 3.06. The Morgan fingerprint density at radius 3 is 2.55 bits per heavy atom. The molecule has 1 rings (SSSR count). The summed E-state index contributed by atoms with van der Waals surface area (Å²) >= 11 is 3.08. The molecule has 20 heavy (non-hydrogen) atoms. The van der Waals surface area contributed by atoms with Crippen LogP contribution in [0.15, 0.2) is 6.20 Å². The molecule has 0 bridgehead atoms. The lowest BCUT2D eigenvalue weighted by atomic mass is 10.1. The molecular formula is C11H11BrF3NO4. The average molecular weight is 358 g/mol. The second-order valence-electron chi connectivity index (χ2n) is 3.39. The van der Waals surface area contributed by atoms with Gasteiger partial charge in [0, 0.05) is 10.9 Å². The molecule has 0 spiro atoms. The molecule has 1 aromatic heterocycles. The van der Waals surface area contributed by atoms with E-state index in [1.54, 1.807) is 0 Å². The Balaban J connectivity index is 3.39. The Morgan fingerprint density at radius 2 is 2.10 bits per heavy atom. The first-order valence-electron chi connectivity index (χ1n) is 5.38. The third-order valence-electron chi connectivity index (χ3n) is 2.16. The molecule has 112 valence electrons. The highest BCUT2D eigenvalue weighted by Gasteiger charge is 2.35. The SMILES string of the molecule is CCOC(=O)c1c(OC(F)(F)F)ncc(OC)c1CBr. The van der Waals surface area contributed by atoms with Gasteiger partial charge in [0.2, 0.25) is 5.88 Å². The number of pyridine rings is 1. The van der Waals surface area contributed by atoms with Crippen LogP contribution in [0.1, 0.15) is 22.8 Å². The summed E-state index contributed by atoms with van der Waals surface area (Å²) in [6.07, 6.45) is -3.92. The fraction of sp³-hybridized carbons (Fsp3) is 0.455. The van der Waals surface area contributed by atoms with Gasteiger partial charge in [0.15, 0.2) is 0 Å². The maximum Gasteiger partial charge on any atom is 0.574 e. The number of ether oxygens (including phenoxy) is 3. The van der Waals surface area contributed by atoms with E-state index >= 15 is 0 Å². The van der Waals surface area contributed by atoms with E-state index in [4.69, 9.17) is 9.47 Å². The fourth-order valence-electron chi connectivity index (χ4n) is 1.42. The molecule has 5 nitrogen and oxygen atoms in total. The van der Waals surface area contributed by atoms with Gasteiger partial charge in [-0.25, -0.2) is 9.78 Å². The van der Waals surface area contributed by atoms with Crippen molar-refractivity contribution in [2.75, 3.05) is 13.7 Å². The number of alkyl halides is 4. The molecule has 0 atom stereocenters. The molecule has 0 saturated heterocycles. The van der Waals surface area contributed by atoms with Crippen LogP contribution in [0.4, 0.5) is 13.2 Å². The maximum absolute atomic E-state index is 12.3. The van der Waals surface area contributed by atoms with Crippen LogP contribution in [0, 0.1) is 0 Å². The number of aromatic nitrogens is 1. The standard InChI is InChI=1S/C11H11BrF3NO4/c1-3-19-10(17)8-6(4-12)7(18-2)5-16-9(8)20-11(13,14)15/h5H,3-4H2,1-2H3. The van der Waals surface area contributed by atoms with Crippen LogP contribution in [0.5, 0.6) is 11.6 Å². The van der Waals surface area contributed by atoms with Gasteiger partial charge in [-0.05, 0) is 6.92 Å². The molecule has 0 aliphatic heterocycles. The zero-order valence-electron chi connectivity index (χ0n) is 10.6. The minimum atomic E-state index is -4.97. The first-order valence-corrected chi connectivity index (χ1v) is 6.50. The number of carbonyl (C=O) groups excluding carboxylic acids is 1. The van der Waals surface area contributed by atoms with Gasteiger partial charge < -0.3 is 14.2 Å². The summed E-state index contributed by atoms with van der Waals surface area (Å²) in [7, 11) is 1.31. The van der Waals surface area contributed by atoms with Crippen LogP contribution in [0.2, 0.25) is 0 Å². The second-order valence-corrected chi connectivity index (χ2v) is 3.95. The van der Waals surface area contributed by atoms with Crippen molar-refractivity contribution < 1.29 is 32.2 Å². The Kier molecular flexibility index (Phi) is 5.61. The molecular weight excluding hydrogens is 347 g/mol. The number of hydrogen-bond acceptors (Lipinski definition) is 5. The lowest BCUT2D eigenvalue weighted by molar-refractivity contribution is -0.276. The molecule has 1 aromatic rings. The molecule has 0 aromatic carbocycles. The molecule has 9 heteroatoms. The van der Waals surface area contributed by atoms with E-state index in [0.29, 0.717) is 0 Å². The highest BCUT2D eigenvalue weighted by molar-refractivity contribution is 9.08. The summed E-state index contributed by atoms with van der Waals surface area (Å²) in [6, 6.07) is 0. The molecule has 0 radical (unpaired) electrons. The monoisotopic (exact) mass is 357 g/mol. The molecule has 0 fully saturated rings. The quantitative estimate of drug-likeness (QED) is 0.598. The van der Waals surface area contributed by atoms with Crippen molar-refractivity contribution in [2.24, 2.45) is 0 Å². The maximum atomic E-state index is 12.3. The van der Waals surface area contributed by atoms with Crippen LogP contribution < -0.4 is 9.47 Å². The summed E-state index contributed by atoms with van der Waals surface area (Å²) in [6.45, 7) is 1.53. The van der Waals surface area contributed by atoms with Crippen molar-refractivity contribution in [1.29, 1.82) is 0 Å². The molecule has 0 unspecified atom stereocenters. The van der Waals surface area contributed by atoms with E-state index in [1.165, 1.54) is 14.0 Å². The minimum absolute atomic E-state index is 0.00320. The lowest BCUT2D eigenvalue weighted by Crippen LogP contribution is -2.21. The topological polar surface area (TPSA) is 57.7 Å². The molecule has 0 aliphatic rings. The highest BCUT2D eigenvalue weighted by Crippen LogP contribution is 2.33. The van der Waals surface area contributed by atoms with Crippen LogP contribution >= 0.6 is 15.9 Å². The summed E-state index contributed by atoms with van der Waals surface area (Å²) in [5.74, 6) is -1.68. The van der Waals surface area contributed by atoms with E-state index < -0.39 is 23.8 Å². The van der Waals surface area contributed by atoms with E-state index in [0.717, 1.165) is 6.20 Å². The Bertz CT molecular complexity index is 493. The lowest BCUT2D eigenvalue weighted by Gasteiger charge is -2.16. The Hall–Kier alpha value is -1.51. The van der Waals surface area contributed by atoms with E-state index in [-0.39, 0.29) is 23.2 Å². The number of esters is 1. The third-order valence-corrected chi connectivity index (χ3v) is 2.72. The third kappa shape index (κ3) is 3.99. The van der Waals surface area contributed by atoms with Gasteiger partial charge in [-0.2, -0.15) is 0 Å². The number of carbonyl (C=O) groups is 1. The van der Waals surface area contributed by atoms with Crippen molar-refractivity contribution in [2.45, 2.75) is 18.6 Å². The first kappa shape index (κ1) is 16.5. The zero-order chi connectivity index (χ0) is 15.3. The van der Waals surface area contributed by atoms with Crippen molar-refractivity contribution in [3.63, 3.8) is 0 Å². The van der Waals surface area contributed by atoms with E-state index in [2.05, 4.69) is 25.7 Å². The van der Waals surface area contributed by atoms with Gasteiger partial charge >= 0.3 is 12.3 Å². The Morgan fingerprint density at radius 1 is 1.45 bits per heavy atom. The summed E-state index contributed by atoms with van der Waals surface area (Å²) in [5, 5.41) is 0.0705. The molecule has 0 N–H and O–H groups in total. The van der Waals surface area contributed by atoms with Crippen molar-refractivity contribution in [3.05, 3.63) is 17.3 Å². The van der Waals surface area contributed by atoms with Crippen molar-refractivity contribution in [3.8, 4) is 11.6 Å². The smallest absolute Gasteiger partial charge is 0.495 e. The molecule has 1 heterocycles. The van der Waals surface area contributed by atoms with Crippen LogP contribution in [0.3, 0.4) is 0 Å². The zero-order valence-corrected chi connectivity index (χ0v) is 12.2. The normalized spacial score (nSPS) is 11.1. The molecule has 0 amide bonds. The van der Waals surface area contributed by atoms with Crippen LogP contribution in [0.25, 0.3) is 0 Å². The molecule has 0 aliphatic carbocycles. The predicted molar refractivity (Wildman–Crippen MR) is 66.1 cm³/mol. The fourth-order valence-corrected chi connectivity index (χ4v) is 1.98. The highest BCUT2D eigenvalue weighted by atomic mass is 79.9. The van der Waals surface area contributed by atoms with Gasteiger partial charge in [-0.1, -0.05) is 15.9 Å². The number of rotatable bonds is 5. The minimum Gasteiger partial charge on any atom is -0.495 e. The van der Waals surface area contributed by atoms with E-state index in [9.17, 15) is 18.0 Å². The van der Waals surface area contributed by atoms with Crippen LogP contribution in [-0.4, -0.2) is 31.0 Å². The van der Waals surface area contributed by atoms with Gasteiger partial charge in [0.05, 0.1) is 19.9 Å². The van der Waals surface area contributed by atoms with Gasteiger partial charge in [-0.15, -0.1) is 13.2 Å². The summed E-state index contributed by atoms with van der Waals surface area (Å²) in [4.78, 5) is 15.3. The largest absolute Gasteiger partial charge is 0.574 e. The number of nitrogens with zero attached hydrogens (tertiary/aromatic N) is 1. The summed E-state index contributed by atoms with van der Waals surface area (Å²) < 4.78 is 50.4. The van der Waals surface area contributed by atoms with Crippen molar-refractivity contribution in [1.82, 2.24) is 4.98 Å². The van der Waals surface area contributed by atoms with E-state index in [1.807, 2.05) is 0 Å². The second kappa shape index (κ2) is 6.78. The van der Waals surface area contributed by atoms with Crippen LogP contribution in [-0.2, 0) is 10.1 Å².